The van der Waals surface area contributed by atoms with Crippen LogP contribution in [0.5, 0.6) is 0 Å². The third-order valence-electron chi connectivity index (χ3n) is 5.30. The molecule has 2 aliphatic rings. The van der Waals surface area contributed by atoms with Crippen molar-refractivity contribution in [3.05, 3.63) is 23.0 Å². The predicted octanol–water partition coefficient (Wildman–Crippen LogP) is 2.00. The molecule has 1 aliphatic carbocycles. The van der Waals surface area contributed by atoms with Crippen LogP contribution in [0.15, 0.2) is 10.6 Å². The van der Waals surface area contributed by atoms with Crippen LogP contribution < -0.4 is 10.6 Å². The smallest absolute Gasteiger partial charge is 0.259 e. The van der Waals surface area contributed by atoms with E-state index in [2.05, 4.69) is 41.5 Å². The Balaban J connectivity index is 1.65. The summed E-state index contributed by atoms with van der Waals surface area (Å²) in [6.45, 7) is 8.13. The zero-order valence-corrected chi connectivity index (χ0v) is 16.2. The number of amides is 1. The zero-order chi connectivity index (χ0) is 19.2. The van der Waals surface area contributed by atoms with E-state index in [0.29, 0.717) is 43.2 Å². The van der Waals surface area contributed by atoms with Crippen molar-refractivity contribution in [3.8, 4) is 0 Å². The minimum atomic E-state index is -0.420. The molecule has 0 radical (unpaired) electrons. The summed E-state index contributed by atoms with van der Waals surface area (Å²) < 4.78 is 5.51. The number of pyridine rings is 1. The molecule has 3 N–H and O–H groups in total. The molecule has 1 saturated carbocycles. The normalized spacial score (nSPS) is 23.1. The monoisotopic (exact) mass is 372 g/mol. The molecule has 2 fully saturated rings. The van der Waals surface area contributed by atoms with Crippen LogP contribution in [0, 0.1) is 11.3 Å². The summed E-state index contributed by atoms with van der Waals surface area (Å²) in [7, 11) is 0. The summed E-state index contributed by atoms with van der Waals surface area (Å²) in [5.41, 5.74) is 2.75. The van der Waals surface area contributed by atoms with E-state index in [4.69, 9.17) is 4.52 Å². The third kappa shape index (κ3) is 3.99. The fourth-order valence-electron chi connectivity index (χ4n) is 3.67. The van der Waals surface area contributed by atoms with E-state index >= 15 is 0 Å². The van der Waals surface area contributed by atoms with Crippen LogP contribution in [0.1, 0.15) is 61.3 Å². The quantitative estimate of drug-likeness (QED) is 0.742. The molecule has 146 valence electrons. The number of hydrogen-bond donors (Lipinski definition) is 3. The van der Waals surface area contributed by atoms with Gasteiger partial charge >= 0.3 is 0 Å². The molecule has 27 heavy (non-hydrogen) atoms. The van der Waals surface area contributed by atoms with Crippen LogP contribution in [0.4, 0.5) is 0 Å². The first-order valence-corrected chi connectivity index (χ1v) is 9.78. The van der Waals surface area contributed by atoms with Gasteiger partial charge in [-0.2, -0.15) is 0 Å². The standard InChI is InChI=1S/C20H28N4O3/c1-20(2,3)7-15-17-13(18(26)22-9-12-8-21-10-16(12)25)6-14(11-4-5-11)23-19(17)27-24-15/h6,11-12,16,21,25H,4-5,7-10H2,1-3H3,(H,22,26). The Morgan fingerprint density at radius 3 is 2.78 bits per heavy atom. The maximum absolute atomic E-state index is 13.0. The van der Waals surface area contributed by atoms with E-state index in [9.17, 15) is 9.90 Å². The second kappa shape index (κ2) is 6.87. The van der Waals surface area contributed by atoms with E-state index in [0.717, 1.165) is 29.6 Å². The Morgan fingerprint density at radius 1 is 1.37 bits per heavy atom. The van der Waals surface area contributed by atoms with Gasteiger partial charge in [-0.1, -0.05) is 25.9 Å². The number of carbonyl (C=O) groups excluding carboxylic acids is 1. The molecule has 2 atom stereocenters. The van der Waals surface area contributed by atoms with Crippen LogP contribution in [0.3, 0.4) is 0 Å². The van der Waals surface area contributed by atoms with Gasteiger partial charge in [0, 0.05) is 37.2 Å². The average Bonchev–Trinajstić information content (AvgIpc) is 3.27. The van der Waals surface area contributed by atoms with E-state index < -0.39 is 6.10 Å². The Labute approximate surface area is 158 Å². The van der Waals surface area contributed by atoms with E-state index in [1.807, 2.05) is 6.07 Å². The van der Waals surface area contributed by atoms with E-state index in [1.54, 1.807) is 0 Å². The lowest BCUT2D eigenvalue weighted by Gasteiger charge is -2.17. The molecule has 7 nitrogen and oxygen atoms in total. The molecule has 1 aliphatic heterocycles. The average molecular weight is 372 g/mol. The molecular weight excluding hydrogens is 344 g/mol. The highest BCUT2D eigenvalue weighted by atomic mass is 16.5. The molecule has 2 aromatic heterocycles. The van der Waals surface area contributed by atoms with Gasteiger partial charge in [-0.25, -0.2) is 4.98 Å². The van der Waals surface area contributed by atoms with Crippen molar-refractivity contribution < 1.29 is 14.4 Å². The van der Waals surface area contributed by atoms with Gasteiger partial charge < -0.3 is 20.3 Å². The number of nitrogens with one attached hydrogen (secondary N) is 2. The molecule has 1 saturated heterocycles. The second-order valence-corrected chi connectivity index (χ2v) is 9.11. The number of aliphatic hydroxyl groups is 1. The van der Waals surface area contributed by atoms with Gasteiger partial charge in [-0.15, -0.1) is 0 Å². The maximum atomic E-state index is 13.0. The second-order valence-electron chi connectivity index (χ2n) is 9.11. The van der Waals surface area contributed by atoms with Crippen molar-refractivity contribution >= 4 is 17.0 Å². The Hall–Kier alpha value is -1.99. The molecule has 2 aromatic rings. The fourth-order valence-corrected chi connectivity index (χ4v) is 3.67. The highest BCUT2D eigenvalue weighted by molar-refractivity contribution is 6.06. The molecule has 0 aromatic carbocycles. The Bertz CT molecular complexity index is 851. The summed E-state index contributed by atoms with van der Waals surface area (Å²) in [6.07, 6.45) is 2.48. The summed E-state index contributed by atoms with van der Waals surface area (Å²) >= 11 is 0. The van der Waals surface area contributed by atoms with Crippen molar-refractivity contribution in [2.75, 3.05) is 19.6 Å². The first-order valence-electron chi connectivity index (χ1n) is 9.78. The minimum absolute atomic E-state index is 0.0202. The highest BCUT2D eigenvalue weighted by Crippen LogP contribution is 2.41. The largest absolute Gasteiger partial charge is 0.391 e. The fraction of sp³-hybridized carbons (Fsp3) is 0.650. The Morgan fingerprint density at radius 2 is 2.15 bits per heavy atom. The summed E-state index contributed by atoms with van der Waals surface area (Å²) in [5, 5.41) is 21.0. The van der Waals surface area contributed by atoms with Gasteiger partial charge in [0.1, 0.15) is 0 Å². The van der Waals surface area contributed by atoms with Crippen molar-refractivity contribution in [3.63, 3.8) is 0 Å². The number of aromatic nitrogens is 2. The van der Waals surface area contributed by atoms with Gasteiger partial charge in [0.15, 0.2) is 0 Å². The highest BCUT2D eigenvalue weighted by Gasteiger charge is 2.31. The van der Waals surface area contributed by atoms with Crippen LogP contribution in [-0.2, 0) is 6.42 Å². The molecule has 2 unspecified atom stereocenters. The molecule has 1 amide bonds. The lowest BCUT2D eigenvalue weighted by Crippen LogP contribution is -2.34. The van der Waals surface area contributed by atoms with Crippen LogP contribution in [-0.4, -0.2) is 46.9 Å². The first kappa shape index (κ1) is 18.4. The van der Waals surface area contributed by atoms with Gasteiger partial charge in [-0.05, 0) is 30.7 Å². The predicted molar refractivity (Wildman–Crippen MR) is 102 cm³/mol. The van der Waals surface area contributed by atoms with Crippen molar-refractivity contribution in [1.29, 1.82) is 0 Å². The minimum Gasteiger partial charge on any atom is -0.391 e. The lowest BCUT2D eigenvalue weighted by molar-refractivity contribution is 0.0928. The van der Waals surface area contributed by atoms with Gasteiger partial charge in [0.05, 0.1) is 22.7 Å². The molecule has 4 rings (SSSR count). The zero-order valence-electron chi connectivity index (χ0n) is 16.2. The number of nitrogens with zero attached hydrogens (tertiary/aromatic N) is 2. The number of fused-ring (bicyclic) bond motifs is 1. The van der Waals surface area contributed by atoms with Gasteiger partial charge in [-0.3, -0.25) is 4.79 Å². The van der Waals surface area contributed by atoms with Gasteiger partial charge in [0.25, 0.3) is 11.6 Å². The molecule has 0 bridgehead atoms. The van der Waals surface area contributed by atoms with Crippen molar-refractivity contribution in [2.24, 2.45) is 11.3 Å². The number of hydrogen-bond acceptors (Lipinski definition) is 6. The number of β-amino-alcohol motifs (C(OH)–C–C–N with tert-alkyl or cyclic N) is 1. The number of aliphatic hydroxyl groups excluding tert-OH is 1. The topological polar surface area (TPSA) is 100 Å². The molecule has 3 heterocycles. The molecular formula is C20H28N4O3. The van der Waals surface area contributed by atoms with E-state index in [-0.39, 0.29) is 17.2 Å². The Kier molecular flexibility index (Phi) is 4.68. The lowest BCUT2D eigenvalue weighted by atomic mass is 9.89. The van der Waals surface area contributed by atoms with Crippen molar-refractivity contribution in [1.82, 2.24) is 20.8 Å². The summed E-state index contributed by atoms with van der Waals surface area (Å²) in [4.78, 5) is 17.6. The number of carbonyl (C=O) groups is 1. The summed E-state index contributed by atoms with van der Waals surface area (Å²) in [6, 6.07) is 1.90. The first-order chi connectivity index (χ1) is 12.8. The number of rotatable bonds is 5. The van der Waals surface area contributed by atoms with E-state index in [1.165, 1.54) is 0 Å². The van der Waals surface area contributed by atoms with Gasteiger partial charge in [0.2, 0.25) is 0 Å². The van der Waals surface area contributed by atoms with Crippen LogP contribution in [0.2, 0.25) is 0 Å². The molecule has 0 spiro atoms. The third-order valence-corrected chi connectivity index (χ3v) is 5.30. The SMILES string of the molecule is CC(C)(C)Cc1noc2nc(C3CC3)cc(C(=O)NCC3CNCC3O)c12. The van der Waals surface area contributed by atoms with Crippen LogP contribution in [0.25, 0.3) is 11.1 Å². The van der Waals surface area contributed by atoms with Crippen molar-refractivity contribution in [2.45, 2.75) is 52.1 Å². The molecule has 7 heteroatoms. The van der Waals surface area contributed by atoms with Crippen LogP contribution >= 0.6 is 0 Å². The maximum Gasteiger partial charge on any atom is 0.259 e. The summed E-state index contributed by atoms with van der Waals surface area (Å²) in [5.74, 6) is 0.297.